The smallest absolute Gasteiger partial charge is 0.266 e. The second-order valence-corrected chi connectivity index (χ2v) is 4.49. The molecular weight excluding hydrogens is 296 g/mol. The van der Waals surface area contributed by atoms with Crippen molar-refractivity contribution in [1.29, 1.82) is 5.26 Å². The summed E-state index contributed by atoms with van der Waals surface area (Å²) in [4.78, 5) is 14.3. The number of hydrogen-bond acceptors (Lipinski definition) is 3. The molecule has 1 heterocycles. The maximum Gasteiger partial charge on any atom is 0.266 e. The topological polar surface area (TPSA) is 65.9 Å². The van der Waals surface area contributed by atoms with Gasteiger partial charge in [-0.25, -0.2) is 0 Å². The van der Waals surface area contributed by atoms with E-state index in [1.807, 2.05) is 18.2 Å². The van der Waals surface area contributed by atoms with Crippen molar-refractivity contribution in [2.45, 2.75) is 0 Å². The summed E-state index contributed by atoms with van der Waals surface area (Å²) in [6, 6.07) is 10.5. The van der Waals surface area contributed by atoms with Crippen molar-refractivity contribution in [3.05, 3.63) is 50.7 Å². The maximum atomic E-state index is 11.6. The molecule has 5 heteroatoms. The molecule has 2 rings (SSSR count). The quantitative estimate of drug-likeness (QED) is 0.927. The molecule has 0 saturated carbocycles. The first kappa shape index (κ1) is 12.4. The fraction of sp³-hybridized carbons (Fsp3) is 0.0769. The number of ether oxygens (including phenoxy) is 1. The third-order valence-corrected chi connectivity index (χ3v) is 2.97. The molecule has 0 unspecified atom stereocenters. The molecule has 0 radical (unpaired) electrons. The number of rotatable bonds is 2. The number of halogens is 1. The Kier molecular flexibility index (Phi) is 3.49. The summed E-state index contributed by atoms with van der Waals surface area (Å²) in [5, 5.41) is 8.72. The zero-order chi connectivity index (χ0) is 13.1. The molecule has 2 aromatic rings. The van der Waals surface area contributed by atoms with Crippen molar-refractivity contribution in [3.63, 3.8) is 0 Å². The number of pyridine rings is 1. The minimum atomic E-state index is -0.406. The van der Waals surface area contributed by atoms with Gasteiger partial charge >= 0.3 is 0 Å². The van der Waals surface area contributed by atoms with Gasteiger partial charge in [0.15, 0.2) is 0 Å². The molecule has 0 aliphatic carbocycles. The molecule has 1 aromatic heterocycles. The molecule has 0 aliphatic heterocycles. The highest BCUT2D eigenvalue weighted by Crippen LogP contribution is 2.30. The third-order valence-electron chi connectivity index (χ3n) is 2.48. The molecule has 0 aliphatic rings. The van der Waals surface area contributed by atoms with E-state index in [4.69, 9.17) is 10.00 Å². The van der Waals surface area contributed by atoms with Crippen LogP contribution in [-0.4, -0.2) is 12.1 Å². The molecule has 0 saturated heterocycles. The van der Waals surface area contributed by atoms with Gasteiger partial charge in [-0.1, -0.05) is 15.9 Å². The zero-order valence-electron chi connectivity index (χ0n) is 9.53. The van der Waals surface area contributed by atoms with E-state index in [9.17, 15) is 4.79 Å². The Bertz CT molecular complexity index is 686. The number of H-pyrrole nitrogens is 1. The minimum absolute atomic E-state index is 0.0905. The van der Waals surface area contributed by atoms with Crippen molar-refractivity contribution in [3.8, 4) is 23.1 Å². The number of nitriles is 1. The monoisotopic (exact) mass is 304 g/mol. The summed E-state index contributed by atoms with van der Waals surface area (Å²) in [7, 11) is 1.56. The Labute approximate surface area is 112 Å². The van der Waals surface area contributed by atoms with Crippen LogP contribution in [0.1, 0.15) is 5.56 Å². The van der Waals surface area contributed by atoms with Gasteiger partial charge in [0.1, 0.15) is 17.4 Å². The number of nitrogens with zero attached hydrogens (tertiary/aromatic N) is 1. The molecule has 0 bridgehead atoms. The van der Waals surface area contributed by atoms with Crippen LogP contribution in [0.15, 0.2) is 39.6 Å². The normalized spacial score (nSPS) is 9.83. The second-order valence-electron chi connectivity index (χ2n) is 3.57. The molecule has 4 nitrogen and oxygen atoms in total. The lowest BCUT2D eigenvalue weighted by Gasteiger charge is -2.08. The zero-order valence-corrected chi connectivity index (χ0v) is 11.1. The van der Waals surface area contributed by atoms with Crippen LogP contribution < -0.4 is 10.3 Å². The summed E-state index contributed by atoms with van der Waals surface area (Å²) < 4.78 is 6.12. The average molecular weight is 305 g/mol. The van der Waals surface area contributed by atoms with Gasteiger partial charge in [-0.05, 0) is 30.3 Å². The van der Waals surface area contributed by atoms with Gasteiger partial charge in [-0.15, -0.1) is 0 Å². The van der Waals surface area contributed by atoms with E-state index in [2.05, 4.69) is 20.9 Å². The predicted molar refractivity (Wildman–Crippen MR) is 71.5 cm³/mol. The van der Waals surface area contributed by atoms with Crippen LogP contribution in [0.4, 0.5) is 0 Å². The summed E-state index contributed by atoms with van der Waals surface area (Å²) >= 11 is 3.37. The summed E-state index contributed by atoms with van der Waals surface area (Å²) in [5.74, 6) is 0.651. The van der Waals surface area contributed by atoms with Crippen LogP contribution >= 0.6 is 15.9 Å². The van der Waals surface area contributed by atoms with Gasteiger partial charge in [0, 0.05) is 10.0 Å². The fourth-order valence-electron chi connectivity index (χ4n) is 1.61. The summed E-state index contributed by atoms with van der Waals surface area (Å²) in [5.41, 5.74) is 1.05. The van der Waals surface area contributed by atoms with E-state index in [0.717, 1.165) is 10.0 Å². The largest absolute Gasteiger partial charge is 0.496 e. The highest BCUT2D eigenvalue weighted by molar-refractivity contribution is 9.10. The molecule has 18 heavy (non-hydrogen) atoms. The minimum Gasteiger partial charge on any atom is -0.496 e. The van der Waals surface area contributed by atoms with Gasteiger partial charge in [0.2, 0.25) is 0 Å². The van der Waals surface area contributed by atoms with Crippen LogP contribution in [0, 0.1) is 11.3 Å². The van der Waals surface area contributed by atoms with Gasteiger partial charge in [-0.2, -0.15) is 5.26 Å². The number of methoxy groups -OCH3 is 1. The first-order chi connectivity index (χ1) is 8.65. The van der Waals surface area contributed by atoms with Crippen molar-refractivity contribution in [1.82, 2.24) is 4.98 Å². The third kappa shape index (κ3) is 2.29. The van der Waals surface area contributed by atoms with Crippen LogP contribution in [0.2, 0.25) is 0 Å². The second kappa shape index (κ2) is 5.07. The number of nitrogens with one attached hydrogen (secondary N) is 1. The highest BCUT2D eigenvalue weighted by atomic mass is 79.9. The lowest BCUT2D eigenvalue weighted by atomic mass is 10.1. The van der Waals surface area contributed by atoms with E-state index in [-0.39, 0.29) is 5.56 Å². The van der Waals surface area contributed by atoms with E-state index in [1.54, 1.807) is 19.2 Å². The predicted octanol–water partition coefficient (Wildman–Crippen LogP) is 2.68. The van der Waals surface area contributed by atoms with Crippen LogP contribution in [0.3, 0.4) is 0 Å². The maximum absolute atomic E-state index is 11.6. The fourth-order valence-corrected chi connectivity index (χ4v) is 1.97. The van der Waals surface area contributed by atoms with Gasteiger partial charge < -0.3 is 9.72 Å². The average Bonchev–Trinajstić information content (AvgIpc) is 2.38. The number of aromatic amines is 1. The molecule has 0 spiro atoms. The molecule has 90 valence electrons. The van der Waals surface area contributed by atoms with Gasteiger partial charge in [-0.3, -0.25) is 4.79 Å². The van der Waals surface area contributed by atoms with Crippen LogP contribution in [0.5, 0.6) is 5.75 Å². The lowest BCUT2D eigenvalue weighted by molar-refractivity contribution is 0.416. The van der Waals surface area contributed by atoms with Gasteiger partial charge in [0.25, 0.3) is 5.56 Å². The molecule has 0 amide bonds. The van der Waals surface area contributed by atoms with Crippen LogP contribution in [0.25, 0.3) is 11.3 Å². The molecule has 1 aromatic carbocycles. The molecule has 1 N–H and O–H groups in total. The highest BCUT2D eigenvalue weighted by Gasteiger charge is 2.08. The Balaban J connectivity index is 2.62. The lowest BCUT2D eigenvalue weighted by Crippen LogP contribution is -2.10. The first-order valence-electron chi connectivity index (χ1n) is 5.13. The Hall–Kier alpha value is -2.06. The van der Waals surface area contributed by atoms with Gasteiger partial charge in [0.05, 0.1) is 12.8 Å². The number of aromatic nitrogens is 1. The Morgan fingerprint density at radius 1 is 1.33 bits per heavy atom. The van der Waals surface area contributed by atoms with Crippen molar-refractivity contribution in [2.24, 2.45) is 0 Å². The van der Waals surface area contributed by atoms with E-state index in [0.29, 0.717) is 11.4 Å². The molecular formula is C13H9BrN2O2. The Morgan fingerprint density at radius 2 is 2.11 bits per heavy atom. The SMILES string of the molecule is COc1ccc(Br)cc1-c1ccc(C#N)c(=O)[nH]1. The number of hydrogen-bond donors (Lipinski definition) is 1. The van der Waals surface area contributed by atoms with Crippen molar-refractivity contribution < 1.29 is 4.74 Å². The van der Waals surface area contributed by atoms with E-state index < -0.39 is 5.56 Å². The summed E-state index contributed by atoms with van der Waals surface area (Å²) in [6.45, 7) is 0. The van der Waals surface area contributed by atoms with E-state index >= 15 is 0 Å². The molecule has 0 fully saturated rings. The number of benzene rings is 1. The van der Waals surface area contributed by atoms with Crippen molar-refractivity contribution in [2.75, 3.05) is 7.11 Å². The summed E-state index contributed by atoms with van der Waals surface area (Å²) in [6.07, 6.45) is 0. The first-order valence-corrected chi connectivity index (χ1v) is 5.92. The van der Waals surface area contributed by atoms with E-state index in [1.165, 1.54) is 6.07 Å². The Morgan fingerprint density at radius 3 is 2.72 bits per heavy atom. The van der Waals surface area contributed by atoms with Crippen molar-refractivity contribution >= 4 is 15.9 Å². The van der Waals surface area contributed by atoms with Crippen LogP contribution in [-0.2, 0) is 0 Å². The molecule has 0 atom stereocenters. The standard InChI is InChI=1S/C13H9BrN2O2/c1-18-12-5-3-9(14)6-10(12)11-4-2-8(7-15)13(17)16-11/h2-6H,1H3,(H,16,17).